The van der Waals surface area contributed by atoms with E-state index >= 15 is 0 Å². The molecule has 20 heavy (non-hydrogen) atoms. The maximum Gasteiger partial charge on any atom is 0.119 e. The third kappa shape index (κ3) is 2.99. The Labute approximate surface area is 121 Å². The Bertz CT molecular complexity index is 460. The highest BCUT2D eigenvalue weighted by molar-refractivity contribution is 5.39. The van der Waals surface area contributed by atoms with Crippen LogP contribution in [0.25, 0.3) is 0 Å². The van der Waals surface area contributed by atoms with E-state index in [1.807, 2.05) is 7.05 Å². The molecular formula is C17H25NO2. The van der Waals surface area contributed by atoms with Crippen molar-refractivity contribution >= 4 is 0 Å². The average Bonchev–Trinajstić information content (AvgIpc) is 2.89. The zero-order valence-corrected chi connectivity index (χ0v) is 12.5. The van der Waals surface area contributed by atoms with Crippen LogP contribution in [0.15, 0.2) is 18.2 Å². The lowest BCUT2D eigenvalue weighted by Gasteiger charge is -2.25. The Morgan fingerprint density at radius 2 is 2.20 bits per heavy atom. The molecule has 1 N–H and O–H groups in total. The normalized spacial score (nSPS) is 29.2. The minimum Gasteiger partial charge on any atom is -0.491 e. The van der Waals surface area contributed by atoms with Gasteiger partial charge in [-0.2, -0.15) is 0 Å². The third-order valence-electron chi connectivity index (χ3n) is 4.53. The number of ether oxygens (including phenoxy) is 2. The molecule has 1 saturated heterocycles. The topological polar surface area (TPSA) is 30.5 Å². The van der Waals surface area contributed by atoms with Crippen LogP contribution in [0.2, 0.25) is 0 Å². The van der Waals surface area contributed by atoms with Crippen LogP contribution < -0.4 is 10.1 Å². The summed E-state index contributed by atoms with van der Waals surface area (Å²) in [5.41, 5.74) is 2.88. The van der Waals surface area contributed by atoms with Crippen LogP contribution in [-0.2, 0) is 11.2 Å². The molecule has 0 radical (unpaired) electrons. The molecule has 3 atom stereocenters. The Kier molecular flexibility index (Phi) is 4.27. The first-order chi connectivity index (χ1) is 9.76. The van der Waals surface area contributed by atoms with Gasteiger partial charge in [0.05, 0.1) is 12.2 Å². The van der Waals surface area contributed by atoms with Crippen LogP contribution >= 0.6 is 0 Å². The molecule has 0 bridgehead atoms. The van der Waals surface area contributed by atoms with E-state index in [9.17, 15) is 0 Å². The highest BCUT2D eigenvalue weighted by Gasteiger charge is 2.23. The molecule has 3 nitrogen and oxygen atoms in total. The molecule has 3 unspecified atom stereocenters. The van der Waals surface area contributed by atoms with Gasteiger partial charge in [-0.25, -0.2) is 0 Å². The quantitative estimate of drug-likeness (QED) is 0.915. The lowest BCUT2D eigenvalue weighted by molar-refractivity contribution is 0.0264. The van der Waals surface area contributed by atoms with Crippen LogP contribution in [0, 0.1) is 0 Å². The second-order valence-electron chi connectivity index (χ2n) is 6.05. The fourth-order valence-corrected chi connectivity index (χ4v) is 3.38. The molecule has 1 fully saturated rings. The van der Waals surface area contributed by atoms with Crippen LogP contribution in [0.3, 0.4) is 0 Å². The molecule has 3 heteroatoms. The first-order valence-electron chi connectivity index (χ1n) is 7.84. The molecule has 0 spiro atoms. The van der Waals surface area contributed by atoms with Gasteiger partial charge in [-0.1, -0.05) is 6.07 Å². The predicted molar refractivity (Wildman–Crippen MR) is 80.2 cm³/mol. The molecule has 1 aromatic carbocycles. The first kappa shape index (κ1) is 13.9. The van der Waals surface area contributed by atoms with Gasteiger partial charge in [-0.15, -0.1) is 0 Å². The Balaban J connectivity index is 1.63. The van der Waals surface area contributed by atoms with Crippen LogP contribution in [0.5, 0.6) is 5.75 Å². The zero-order chi connectivity index (χ0) is 13.9. The molecule has 0 amide bonds. The lowest BCUT2D eigenvalue weighted by Crippen LogP contribution is -2.22. The number of benzene rings is 1. The molecule has 1 aromatic rings. The van der Waals surface area contributed by atoms with Gasteiger partial charge in [-0.05, 0) is 69.3 Å². The number of aryl methyl sites for hydroxylation is 1. The molecule has 1 heterocycles. The Morgan fingerprint density at radius 3 is 2.95 bits per heavy atom. The van der Waals surface area contributed by atoms with E-state index in [1.165, 1.54) is 30.4 Å². The summed E-state index contributed by atoms with van der Waals surface area (Å²) in [7, 11) is 2.04. The van der Waals surface area contributed by atoms with Gasteiger partial charge in [0.2, 0.25) is 0 Å². The SMILES string of the molecule is CNC1CCCc2cc(OCC3CCC(C)O3)ccc21. The molecule has 2 aliphatic rings. The molecule has 3 rings (SSSR count). The molecule has 0 saturated carbocycles. The van der Waals surface area contributed by atoms with Crippen molar-refractivity contribution in [3.8, 4) is 5.75 Å². The van der Waals surface area contributed by atoms with Crippen molar-refractivity contribution < 1.29 is 9.47 Å². The number of rotatable bonds is 4. The molecule has 1 aliphatic carbocycles. The minimum atomic E-state index is 0.270. The van der Waals surface area contributed by atoms with Crippen molar-refractivity contribution in [3.05, 3.63) is 29.3 Å². The molecule has 1 aliphatic heterocycles. The van der Waals surface area contributed by atoms with E-state index < -0.39 is 0 Å². The fraction of sp³-hybridized carbons (Fsp3) is 0.647. The summed E-state index contributed by atoms with van der Waals surface area (Å²) in [6.45, 7) is 2.81. The Hall–Kier alpha value is -1.06. The van der Waals surface area contributed by atoms with E-state index in [1.54, 1.807) is 0 Å². The zero-order valence-electron chi connectivity index (χ0n) is 12.5. The van der Waals surface area contributed by atoms with Crippen molar-refractivity contribution in [3.63, 3.8) is 0 Å². The van der Waals surface area contributed by atoms with Gasteiger partial charge in [-0.3, -0.25) is 0 Å². The van der Waals surface area contributed by atoms with Gasteiger partial charge in [0, 0.05) is 6.04 Å². The number of fused-ring (bicyclic) bond motifs is 1. The Morgan fingerprint density at radius 1 is 1.30 bits per heavy atom. The van der Waals surface area contributed by atoms with Crippen molar-refractivity contribution in [2.24, 2.45) is 0 Å². The summed E-state index contributed by atoms with van der Waals surface area (Å²) in [5, 5.41) is 3.40. The third-order valence-corrected chi connectivity index (χ3v) is 4.53. The summed E-state index contributed by atoms with van der Waals surface area (Å²) in [6.07, 6.45) is 6.59. The maximum absolute atomic E-state index is 5.93. The summed E-state index contributed by atoms with van der Waals surface area (Å²) in [6, 6.07) is 7.06. The van der Waals surface area contributed by atoms with E-state index in [0.717, 1.165) is 18.6 Å². The summed E-state index contributed by atoms with van der Waals surface area (Å²) >= 11 is 0. The number of nitrogens with one attached hydrogen (secondary N) is 1. The van der Waals surface area contributed by atoms with Gasteiger partial charge < -0.3 is 14.8 Å². The van der Waals surface area contributed by atoms with Crippen LogP contribution in [0.4, 0.5) is 0 Å². The molecular weight excluding hydrogens is 250 g/mol. The number of hydrogen-bond donors (Lipinski definition) is 1. The van der Waals surface area contributed by atoms with E-state index in [-0.39, 0.29) is 6.10 Å². The monoisotopic (exact) mass is 275 g/mol. The van der Waals surface area contributed by atoms with Gasteiger partial charge in [0.15, 0.2) is 0 Å². The second-order valence-corrected chi connectivity index (χ2v) is 6.05. The van der Waals surface area contributed by atoms with Gasteiger partial charge in [0.1, 0.15) is 12.4 Å². The van der Waals surface area contributed by atoms with Gasteiger partial charge in [0.25, 0.3) is 0 Å². The van der Waals surface area contributed by atoms with E-state index in [0.29, 0.717) is 18.8 Å². The van der Waals surface area contributed by atoms with Crippen molar-refractivity contribution in [2.75, 3.05) is 13.7 Å². The predicted octanol–water partition coefficient (Wildman–Crippen LogP) is 3.23. The second kappa shape index (κ2) is 6.15. The molecule has 0 aromatic heterocycles. The van der Waals surface area contributed by atoms with Gasteiger partial charge >= 0.3 is 0 Å². The first-order valence-corrected chi connectivity index (χ1v) is 7.84. The molecule has 110 valence electrons. The highest BCUT2D eigenvalue weighted by Crippen LogP contribution is 2.32. The van der Waals surface area contributed by atoms with E-state index in [2.05, 4.69) is 30.4 Å². The fourth-order valence-electron chi connectivity index (χ4n) is 3.38. The van der Waals surface area contributed by atoms with E-state index in [4.69, 9.17) is 9.47 Å². The number of hydrogen-bond acceptors (Lipinski definition) is 3. The average molecular weight is 275 g/mol. The summed E-state index contributed by atoms with van der Waals surface area (Å²) in [5.74, 6) is 0.989. The summed E-state index contributed by atoms with van der Waals surface area (Å²) in [4.78, 5) is 0. The van der Waals surface area contributed by atoms with Crippen molar-refractivity contribution in [1.29, 1.82) is 0 Å². The lowest BCUT2D eigenvalue weighted by atomic mass is 9.87. The van der Waals surface area contributed by atoms with Crippen LogP contribution in [0.1, 0.15) is 49.8 Å². The van der Waals surface area contributed by atoms with Crippen molar-refractivity contribution in [2.45, 2.75) is 57.3 Å². The van der Waals surface area contributed by atoms with Crippen LogP contribution in [-0.4, -0.2) is 25.9 Å². The highest BCUT2D eigenvalue weighted by atomic mass is 16.5. The minimum absolute atomic E-state index is 0.270. The standard InChI is InChI=1S/C17H25NO2/c1-12-6-7-15(20-12)11-19-14-8-9-16-13(10-14)4-3-5-17(16)18-2/h8-10,12,15,17-18H,3-7,11H2,1-2H3. The van der Waals surface area contributed by atoms with Crippen molar-refractivity contribution in [1.82, 2.24) is 5.32 Å². The largest absolute Gasteiger partial charge is 0.491 e. The maximum atomic E-state index is 5.93. The smallest absolute Gasteiger partial charge is 0.119 e. The summed E-state index contributed by atoms with van der Waals surface area (Å²) < 4.78 is 11.7.